The molecule has 1 atom stereocenters. The van der Waals surface area contributed by atoms with Gasteiger partial charge in [-0.2, -0.15) is 0 Å². The number of carbonyl (C=O) groups excluding carboxylic acids is 1. The van der Waals surface area contributed by atoms with Gasteiger partial charge >= 0.3 is 11.9 Å². The Morgan fingerprint density at radius 3 is 2.59 bits per heavy atom. The minimum atomic E-state index is -1.32. The molecular weight excluding hydrogens is 448 g/mol. The van der Waals surface area contributed by atoms with Crippen LogP contribution in [0.1, 0.15) is 43.0 Å². The smallest absolute Gasteiger partial charge is 0.340 e. The van der Waals surface area contributed by atoms with Gasteiger partial charge in [0.05, 0.1) is 11.1 Å². The van der Waals surface area contributed by atoms with Crippen LogP contribution in [0.2, 0.25) is 0 Å². The van der Waals surface area contributed by atoms with Crippen LogP contribution in [0, 0.1) is 6.92 Å². The second-order valence-corrected chi connectivity index (χ2v) is 9.71. The van der Waals surface area contributed by atoms with Crippen molar-refractivity contribution in [3.63, 3.8) is 0 Å². The van der Waals surface area contributed by atoms with Crippen LogP contribution in [-0.4, -0.2) is 17.0 Å². The van der Waals surface area contributed by atoms with Gasteiger partial charge in [0.2, 0.25) is 0 Å². The molecule has 0 aliphatic carbocycles. The maximum absolute atomic E-state index is 13.2. The molecule has 4 aromatic carbocycles. The zero-order chi connectivity index (χ0) is 23.2. The third kappa shape index (κ3) is 2.28. The molecule has 5 aromatic rings. The van der Waals surface area contributed by atoms with Crippen LogP contribution in [0.25, 0.3) is 20.2 Å². The number of rotatable bonds is 1. The van der Waals surface area contributed by atoms with E-state index < -0.39 is 17.5 Å². The molecule has 7 rings (SSSR count). The van der Waals surface area contributed by atoms with E-state index >= 15 is 0 Å². The number of benzene rings is 4. The van der Waals surface area contributed by atoms with Crippen molar-refractivity contribution in [2.24, 2.45) is 0 Å². The largest absolute Gasteiger partial charge is 0.478 e. The van der Waals surface area contributed by atoms with Gasteiger partial charge in [-0.1, -0.05) is 48.5 Å². The minimum Gasteiger partial charge on any atom is -0.478 e. The van der Waals surface area contributed by atoms with Gasteiger partial charge in [0, 0.05) is 31.3 Å². The fourth-order valence-electron chi connectivity index (χ4n) is 5.32. The third-order valence-corrected chi connectivity index (χ3v) is 7.82. The second kappa shape index (κ2) is 6.46. The topological polar surface area (TPSA) is 72.8 Å². The molecule has 34 heavy (non-hydrogen) atoms. The van der Waals surface area contributed by atoms with E-state index in [9.17, 15) is 14.7 Å². The number of aromatic carboxylic acids is 1. The minimum absolute atomic E-state index is 0.0426. The summed E-state index contributed by atoms with van der Waals surface area (Å²) in [5.74, 6) is -0.840. The number of thiophene rings is 1. The van der Waals surface area contributed by atoms with Crippen LogP contribution in [0.4, 0.5) is 0 Å². The van der Waals surface area contributed by atoms with Gasteiger partial charge < -0.3 is 14.6 Å². The van der Waals surface area contributed by atoms with Crippen molar-refractivity contribution >= 4 is 43.4 Å². The average Bonchev–Trinajstić information content (AvgIpc) is 3.34. The van der Waals surface area contributed by atoms with Crippen LogP contribution >= 0.6 is 11.3 Å². The van der Waals surface area contributed by atoms with Crippen molar-refractivity contribution in [3.05, 3.63) is 106 Å². The Hall–Kier alpha value is -4.16. The molecule has 5 nitrogen and oxygen atoms in total. The predicted octanol–water partition coefficient (Wildman–Crippen LogP) is 6.63. The van der Waals surface area contributed by atoms with Crippen molar-refractivity contribution in [1.29, 1.82) is 0 Å². The summed E-state index contributed by atoms with van der Waals surface area (Å²) in [4.78, 5) is 25.6. The highest BCUT2D eigenvalue weighted by molar-refractivity contribution is 7.25. The molecule has 1 spiro atoms. The lowest BCUT2D eigenvalue weighted by molar-refractivity contribution is 0.0229. The number of hydrogen-bond acceptors (Lipinski definition) is 5. The summed E-state index contributed by atoms with van der Waals surface area (Å²) in [6, 6.07) is 22.6. The fourth-order valence-corrected chi connectivity index (χ4v) is 6.48. The van der Waals surface area contributed by atoms with Crippen molar-refractivity contribution in [2.45, 2.75) is 12.5 Å². The molecule has 2 aliphatic heterocycles. The number of esters is 1. The summed E-state index contributed by atoms with van der Waals surface area (Å²) in [5, 5.41) is 12.0. The first kappa shape index (κ1) is 19.3. The van der Waals surface area contributed by atoms with Crippen molar-refractivity contribution in [2.75, 3.05) is 0 Å². The van der Waals surface area contributed by atoms with E-state index in [2.05, 4.69) is 0 Å². The van der Waals surface area contributed by atoms with Crippen LogP contribution in [0.15, 0.2) is 72.8 Å². The number of ether oxygens (including phenoxy) is 2. The molecular formula is C28H16O5S. The zero-order valence-corrected chi connectivity index (χ0v) is 18.7. The SMILES string of the molecule is Cc1ccc2c(c1)Oc1c(C(=O)O)cc3sc4ccccc4c3c1C21OC(=O)c2ccccc21. The van der Waals surface area contributed by atoms with E-state index in [1.807, 2.05) is 61.5 Å². The molecule has 1 aromatic heterocycles. The normalized spacial score (nSPS) is 17.9. The molecule has 0 fully saturated rings. The van der Waals surface area contributed by atoms with E-state index in [1.54, 1.807) is 18.2 Å². The Bertz CT molecular complexity index is 1730. The monoisotopic (exact) mass is 464 g/mol. The summed E-state index contributed by atoms with van der Waals surface area (Å²) in [6.07, 6.45) is 0. The van der Waals surface area contributed by atoms with Crippen LogP contribution in [0.5, 0.6) is 11.5 Å². The van der Waals surface area contributed by atoms with Crippen molar-refractivity contribution in [3.8, 4) is 11.5 Å². The molecule has 1 N–H and O–H groups in total. The van der Waals surface area contributed by atoms with Gasteiger partial charge in [-0.15, -0.1) is 11.3 Å². The Kier molecular flexibility index (Phi) is 3.67. The van der Waals surface area contributed by atoms with E-state index in [1.165, 1.54) is 11.3 Å². The van der Waals surface area contributed by atoms with Gasteiger partial charge in [0.25, 0.3) is 0 Å². The molecule has 0 amide bonds. The number of hydrogen-bond donors (Lipinski definition) is 1. The van der Waals surface area contributed by atoms with Crippen molar-refractivity contribution < 1.29 is 24.2 Å². The second-order valence-electron chi connectivity index (χ2n) is 8.62. The molecule has 1 unspecified atom stereocenters. The molecule has 0 saturated carbocycles. The molecule has 2 aliphatic rings. The molecule has 3 heterocycles. The summed E-state index contributed by atoms with van der Waals surface area (Å²) in [7, 11) is 0. The van der Waals surface area contributed by atoms with Gasteiger partial charge in [-0.3, -0.25) is 0 Å². The van der Waals surface area contributed by atoms with Gasteiger partial charge in [0.15, 0.2) is 11.4 Å². The Morgan fingerprint density at radius 1 is 0.941 bits per heavy atom. The highest BCUT2D eigenvalue weighted by Crippen LogP contribution is 2.60. The molecule has 6 heteroatoms. The summed E-state index contributed by atoms with van der Waals surface area (Å²) in [5.41, 5.74) is 2.08. The summed E-state index contributed by atoms with van der Waals surface area (Å²) < 4.78 is 14.5. The quantitative estimate of drug-likeness (QED) is 0.282. The Labute approximate surface area is 197 Å². The van der Waals surface area contributed by atoms with E-state index in [-0.39, 0.29) is 11.3 Å². The number of fused-ring (bicyclic) bond motifs is 10. The highest BCUT2D eigenvalue weighted by Gasteiger charge is 2.55. The number of aryl methyl sites for hydroxylation is 1. The fraction of sp³-hybridized carbons (Fsp3) is 0.0714. The summed E-state index contributed by atoms with van der Waals surface area (Å²) in [6.45, 7) is 1.94. The van der Waals surface area contributed by atoms with E-state index in [0.717, 1.165) is 25.7 Å². The zero-order valence-electron chi connectivity index (χ0n) is 17.9. The van der Waals surface area contributed by atoms with E-state index in [0.29, 0.717) is 28.0 Å². The van der Waals surface area contributed by atoms with E-state index in [4.69, 9.17) is 9.47 Å². The van der Waals surface area contributed by atoms with Gasteiger partial charge in [0.1, 0.15) is 11.3 Å². The number of carboxylic acids is 1. The first-order chi connectivity index (χ1) is 16.5. The lowest BCUT2D eigenvalue weighted by Crippen LogP contribution is -2.34. The first-order valence-corrected chi connectivity index (χ1v) is 11.6. The first-order valence-electron chi connectivity index (χ1n) is 10.8. The third-order valence-electron chi connectivity index (χ3n) is 6.70. The average molecular weight is 464 g/mol. The lowest BCUT2D eigenvalue weighted by Gasteiger charge is -2.37. The lowest BCUT2D eigenvalue weighted by atomic mass is 9.75. The number of carboxylic acid groups (broad SMARTS) is 1. The van der Waals surface area contributed by atoms with Crippen LogP contribution < -0.4 is 4.74 Å². The molecule has 164 valence electrons. The standard InChI is InChI=1S/C28H16O5S/c1-14-10-11-19-20(12-14)32-25-17(26(29)30)13-22-23(16-7-3-5-9-21(16)34-22)24(25)28(19)18-8-4-2-6-15(18)27(31)33-28/h2-13H,1H3,(H,29,30). The summed E-state index contributed by atoms with van der Waals surface area (Å²) >= 11 is 1.51. The Balaban J connectivity index is 1.75. The van der Waals surface area contributed by atoms with Crippen molar-refractivity contribution in [1.82, 2.24) is 0 Å². The highest BCUT2D eigenvalue weighted by atomic mass is 32.1. The molecule has 0 bridgehead atoms. The van der Waals surface area contributed by atoms with Gasteiger partial charge in [-0.05, 0) is 36.8 Å². The molecule has 0 radical (unpaired) electrons. The van der Waals surface area contributed by atoms with Crippen LogP contribution in [-0.2, 0) is 10.3 Å². The van der Waals surface area contributed by atoms with Crippen LogP contribution in [0.3, 0.4) is 0 Å². The van der Waals surface area contributed by atoms with Gasteiger partial charge in [-0.25, -0.2) is 9.59 Å². The predicted molar refractivity (Wildman–Crippen MR) is 129 cm³/mol. The number of carbonyl (C=O) groups is 2. The maximum Gasteiger partial charge on any atom is 0.340 e. The Morgan fingerprint density at radius 2 is 1.74 bits per heavy atom. The maximum atomic E-state index is 13.2. The molecule has 0 saturated heterocycles.